The molecule has 0 amide bonds. The third-order valence-electron chi connectivity index (χ3n) is 3.32. The topological polar surface area (TPSA) is 29.0 Å². The molecule has 3 nitrogen and oxygen atoms in total. The molecule has 0 bridgehead atoms. The molecular formula is C14H17N3S2. The van der Waals surface area contributed by atoms with Crippen LogP contribution in [0.2, 0.25) is 0 Å². The quantitative estimate of drug-likeness (QED) is 0.633. The Morgan fingerprint density at radius 3 is 2.74 bits per heavy atom. The minimum absolute atomic E-state index is 0.863. The molecule has 0 aliphatic carbocycles. The third kappa shape index (κ3) is 2.92. The highest BCUT2D eigenvalue weighted by atomic mass is 32.2. The number of piperidine rings is 1. The maximum Gasteiger partial charge on any atom is 0.172 e. The van der Waals surface area contributed by atoms with Gasteiger partial charge < -0.3 is 4.90 Å². The molecular weight excluding hydrogens is 274 g/mol. The molecule has 0 N–H and O–H groups in total. The van der Waals surface area contributed by atoms with E-state index in [4.69, 9.17) is 4.98 Å². The Hall–Kier alpha value is -1.07. The molecule has 0 atom stereocenters. The Balaban J connectivity index is 1.97. The summed E-state index contributed by atoms with van der Waals surface area (Å²) in [5.74, 6) is 1.95. The first-order valence-electron chi connectivity index (χ1n) is 6.59. The summed E-state index contributed by atoms with van der Waals surface area (Å²) in [4.78, 5) is 12.9. The monoisotopic (exact) mass is 291 g/mol. The first kappa shape index (κ1) is 12.9. The number of rotatable bonds is 3. The van der Waals surface area contributed by atoms with E-state index in [1.807, 2.05) is 0 Å². The second-order valence-electron chi connectivity index (χ2n) is 4.62. The lowest BCUT2D eigenvalue weighted by Crippen LogP contribution is -2.30. The molecule has 2 aromatic heterocycles. The van der Waals surface area contributed by atoms with E-state index in [0.717, 1.165) is 34.6 Å². The van der Waals surface area contributed by atoms with E-state index in [2.05, 4.69) is 39.7 Å². The van der Waals surface area contributed by atoms with Crippen LogP contribution in [-0.4, -0.2) is 29.3 Å². The summed E-state index contributed by atoms with van der Waals surface area (Å²) in [6.07, 6.45) is 5.95. The van der Waals surface area contributed by atoms with Crippen molar-refractivity contribution in [1.29, 1.82) is 0 Å². The van der Waals surface area contributed by atoms with Crippen LogP contribution in [0.1, 0.15) is 19.3 Å². The first-order chi connectivity index (χ1) is 9.36. The number of hydrogen-bond donors (Lipinski definition) is 0. The van der Waals surface area contributed by atoms with Crippen molar-refractivity contribution in [3.05, 3.63) is 23.6 Å². The number of thiophene rings is 1. The van der Waals surface area contributed by atoms with E-state index in [1.165, 1.54) is 19.3 Å². The molecule has 1 fully saturated rings. The van der Waals surface area contributed by atoms with Crippen molar-refractivity contribution in [2.45, 2.75) is 24.3 Å². The average molecular weight is 291 g/mol. The molecule has 0 spiro atoms. The number of nitrogens with zero attached hydrogens (tertiary/aromatic N) is 3. The van der Waals surface area contributed by atoms with Gasteiger partial charge in [-0.1, -0.05) is 6.07 Å². The van der Waals surface area contributed by atoms with Crippen molar-refractivity contribution in [2.24, 2.45) is 0 Å². The van der Waals surface area contributed by atoms with E-state index in [-0.39, 0.29) is 0 Å². The maximum absolute atomic E-state index is 4.76. The van der Waals surface area contributed by atoms with Crippen LogP contribution in [0.4, 0.5) is 5.82 Å². The van der Waals surface area contributed by atoms with Gasteiger partial charge in [0.2, 0.25) is 0 Å². The summed E-state index contributed by atoms with van der Waals surface area (Å²) in [5, 5.41) is 3.13. The summed E-state index contributed by atoms with van der Waals surface area (Å²) in [6.45, 7) is 2.24. The normalized spacial score (nSPS) is 15.7. The van der Waals surface area contributed by atoms with Crippen LogP contribution < -0.4 is 4.90 Å². The molecule has 0 saturated carbocycles. The molecule has 0 unspecified atom stereocenters. The summed E-state index contributed by atoms with van der Waals surface area (Å²) in [7, 11) is 0. The fourth-order valence-electron chi connectivity index (χ4n) is 2.32. The molecule has 1 aliphatic rings. The zero-order valence-electron chi connectivity index (χ0n) is 11.0. The predicted molar refractivity (Wildman–Crippen MR) is 83.2 cm³/mol. The van der Waals surface area contributed by atoms with Crippen LogP contribution in [0.15, 0.2) is 28.6 Å². The molecule has 3 heterocycles. The van der Waals surface area contributed by atoms with Crippen LogP contribution >= 0.6 is 23.1 Å². The predicted octanol–water partition coefficient (Wildman–Crippen LogP) is 3.92. The smallest absolute Gasteiger partial charge is 0.172 e. The largest absolute Gasteiger partial charge is 0.356 e. The van der Waals surface area contributed by atoms with Gasteiger partial charge in [0.25, 0.3) is 0 Å². The van der Waals surface area contributed by atoms with Crippen molar-refractivity contribution in [3.63, 3.8) is 0 Å². The fraction of sp³-hybridized carbons (Fsp3) is 0.429. The third-order valence-corrected chi connectivity index (χ3v) is 4.81. The Bertz CT molecular complexity index is 534. The fourth-order valence-corrected chi connectivity index (χ4v) is 3.38. The van der Waals surface area contributed by atoms with Crippen molar-refractivity contribution in [2.75, 3.05) is 24.2 Å². The number of anilines is 1. The molecule has 1 saturated heterocycles. The SMILES string of the molecule is CSc1cc(N2CCCCC2)nc(-c2cccs2)n1. The van der Waals surface area contributed by atoms with E-state index in [0.29, 0.717) is 0 Å². The average Bonchev–Trinajstić information content (AvgIpc) is 3.02. The van der Waals surface area contributed by atoms with Gasteiger partial charge in [-0.2, -0.15) is 0 Å². The van der Waals surface area contributed by atoms with Gasteiger partial charge in [-0.3, -0.25) is 0 Å². The minimum Gasteiger partial charge on any atom is -0.356 e. The second kappa shape index (κ2) is 5.92. The van der Waals surface area contributed by atoms with Crippen molar-refractivity contribution < 1.29 is 0 Å². The van der Waals surface area contributed by atoms with Crippen LogP contribution in [0.25, 0.3) is 10.7 Å². The first-order valence-corrected chi connectivity index (χ1v) is 8.69. The lowest BCUT2D eigenvalue weighted by molar-refractivity contribution is 0.572. The summed E-state index contributed by atoms with van der Waals surface area (Å²) >= 11 is 3.38. The van der Waals surface area contributed by atoms with Gasteiger partial charge in [0, 0.05) is 19.2 Å². The van der Waals surface area contributed by atoms with Gasteiger partial charge in [0.1, 0.15) is 10.8 Å². The molecule has 1 aliphatic heterocycles. The Kier molecular flexibility index (Phi) is 4.03. The van der Waals surface area contributed by atoms with Crippen LogP contribution in [0, 0.1) is 0 Å². The number of aromatic nitrogens is 2. The maximum atomic E-state index is 4.76. The Morgan fingerprint density at radius 1 is 1.21 bits per heavy atom. The second-order valence-corrected chi connectivity index (χ2v) is 6.39. The van der Waals surface area contributed by atoms with E-state index < -0.39 is 0 Å². The van der Waals surface area contributed by atoms with Crippen molar-refractivity contribution in [1.82, 2.24) is 9.97 Å². The van der Waals surface area contributed by atoms with Gasteiger partial charge in [0.05, 0.1) is 4.88 Å². The summed E-state index contributed by atoms with van der Waals surface area (Å²) in [6, 6.07) is 6.26. The van der Waals surface area contributed by atoms with E-state index in [9.17, 15) is 0 Å². The zero-order valence-corrected chi connectivity index (χ0v) is 12.6. The lowest BCUT2D eigenvalue weighted by Gasteiger charge is -2.28. The van der Waals surface area contributed by atoms with Gasteiger partial charge in [-0.15, -0.1) is 23.1 Å². The van der Waals surface area contributed by atoms with Crippen LogP contribution in [0.3, 0.4) is 0 Å². The molecule has 5 heteroatoms. The van der Waals surface area contributed by atoms with Crippen molar-refractivity contribution in [3.8, 4) is 10.7 Å². The zero-order chi connectivity index (χ0) is 13.1. The van der Waals surface area contributed by atoms with Gasteiger partial charge in [0.15, 0.2) is 5.82 Å². The van der Waals surface area contributed by atoms with Crippen LogP contribution in [0.5, 0.6) is 0 Å². The molecule has 100 valence electrons. The Morgan fingerprint density at radius 2 is 2.05 bits per heavy atom. The van der Waals surface area contributed by atoms with E-state index >= 15 is 0 Å². The standard InChI is InChI=1S/C14H17N3S2/c1-18-13-10-12(17-7-3-2-4-8-17)15-14(16-13)11-6-5-9-19-11/h5-6,9-10H,2-4,7-8H2,1H3. The molecule has 3 rings (SSSR count). The molecule has 19 heavy (non-hydrogen) atoms. The highest BCUT2D eigenvalue weighted by molar-refractivity contribution is 7.98. The Labute approximate surface area is 122 Å². The number of hydrogen-bond acceptors (Lipinski definition) is 5. The summed E-state index contributed by atoms with van der Waals surface area (Å²) in [5.41, 5.74) is 0. The minimum atomic E-state index is 0.863. The van der Waals surface area contributed by atoms with E-state index in [1.54, 1.807) is 23.1 Å². The summed E-state index contributed by atoms with van der Waals surface area (Å²) < 4.78 is 0. The molecule has 0 radical (unpaired) electrons. The van der Waals surface area contributed by atoms with Crippen LogP contribution in [-0.2, 0) is 0 Å². The number of thioether (sulfide) groups is 1. The highest BCUT2D eigenvalue weighted by Gasteiger charge is 2.15. The van der Waals surface area contributed by atoms with Crippen molar-refractivity contribution >= 4 is 28.9 Å². The molecule has 0 aromatic carbocycles. The van der Waals surface area contributed by atoms with Gasteiger partial charge in [-0.25, -0.2) is 9.97 Å². The molecule has 2 aromatic rings. The van der Waals surface area contributed by atoms with Gasteiger partial charge in [-0.05, 0) is 37.0 Å². The van der Waals surface area contributed by atoms with Gasteiger partial charge >= 0.3 is 0 Å². The highest BCUT2D eigenvalue weighted by Crippen LogP contribution is 2.28. The lowest BCUT2D eigenvalue weighted by atomic mass is 10.1.